The lowest BCUT2D eigenvalue weighted by atomic mass is 9.72. The summed E-state index contributed by atoms with van der Waals surface area (Å²) >= 11 is 1.54. The van der Waals surface area contributed by atoms with E-state index in [1.807, 2.05) is 12.5 Å². The normalized spacial score (nSPS) is 23.6. The number of carbonyl (C=O) groups excluding carboxylic acids is 1. The molecule has 1 aromatic heterocycles. The predicted molar refractivity (Wildman–Crippen MR) is 111 cm³/mol. The first-order valence-corrected chi connectivity index (χ1v) is 11.2. The van der Waals surface area contributed by atoms with Crippen LogP contribution < -0.4 is 5.32 Å². The number of rotatable bonds is 6. The Labute approximate surface area is 170 Å². The van der Waals surface area contributed by atoms with Crippen molar-refractivity contribution in [1.82, 2.24) is 20.2 Å². The van der Waals surface area contributed by atoms with E-state index in [9.17, 15) is 4.79 Å². The van der Waals surface area contributed by atoms with Gasteiger partial charge in [-0.3, -0.25) is 9.69 Å². The fraction of sp³-hybridized carbons (Fsp3) is 0.524. The van der Waals surface area contributed by atoms with E-state index in [-0.39, 0.29) is 23.5 Å². The Kier molecular flexibility index (Phi) is 5.75. The summed E-state index contributed by atoms with van der Waals surface area (Å²) in [6.45, 7) is 2.89. The summed E-state index contributed by atoms with van der Waals surface area (Å²) < 4.78 is 6.06. The van der Waals surface area contributed by atoms with Crippen LogP contribution in [0.1, 0.15) is 35.7 Å². The molecule has 2 atom stereocenters. The Balaban J connectivity index is 1.57. The third kappa shape index (κ3) is 3.47. The number of methoxy groups -OCH3 is 1. The fourth-order valence-corrected chi connectivity index (χ4v) is 5.34. The minimum Gasteiger partial charge on any atom is -0.378 e. The van der Waals surface area contributed by atoms with Gasteiger partial charge in [0.2, 0.25) is 5.91 Å². The Morgan fingerprint density at radius 3 is 2.86 bits per heavy atom. The van der Waals surface area contributed by atoms with Crippen LogP contribution in [-0.4, -0.2) is 59.1 Å². The summed E-state index contributed by atoms with van der Waals surface area (Å²) in [5, 5.41) is 3.24. The molecule has 2 heterocycles. The zero-order valence-electron chi connectivity index (χ0n) is 16.5. The van der Waals surface area contributed by atoms with E-state index >= 15 is 0 Å². The second-order valence-corrected chi connectivity index (χ2v) is 8.60. The second kappa shape index (κ2) is 8.27. The van der Waals surface area contributed by atoms with Gasteiger partial charge in [0.1, 0.15) is 0 Å². The molecule has 0 bridgehead atoms. The summed E-state index contributed by atoms with van der Waals surface area (Å²) in [5.41, 5.74) is 3.66. The van der Waals surface area contributed by atoms with Gasteiger partial charge in [0.15, 0.2) is 0 Å². The molecule has 4 rings (SSSR count). The molecule has 0 unspecified atom stereocenters. The highest BCUT2D eigenvalue weighted by Crippen LogP contribution is 2.52. The minimum absolute atomic E-state index is 0.0370. The number of benzene rings is 1. The lowest BCUT2D eigenvalue weighted by molar-refractivity contribution is -0.121. The van der Waals surface area contributed by atoms with Crippen molar-refractivity contribution in [3.63, 3.8) is 0 Å². The first kappa shape index (κ1) is 19.5. The van der Waals surface area contributed by atoms with E-state index in [1.54, 1.807) is 25.2 Å². The highest BCUT2D eigenvalue weighted by molar-refractivity contribution is 7.99. The summed E-state index contributed by atoms with van der Waals surface area (Å²) in [6.07, 6.45) is 7.58. The molecule has 2 N–H and O–H groups in total. The van der Waals surface area contributed by atoms with Gasteiger partial charge in [-0.05, 0) is 43.3 Å². The van der Waals surface area contributed by atoms with E-state index in [0.717, 1.165) is 38.2 Å². The van der Waals surface area contributed by atoms with Crippen molar-refractivity contribution >= 4 is 17.7 Å². The molecule has 1 fully saturated rings. The molecule has 2 aliphatic rings. The maximum atomic E-state index is 12.4. The molecule has 1 aliphatic carbocycles. The summed E-state index contributed by atoms with van der Waals surface area (Å²) in [5.74, 6) is 0.545. The zero-order valence-corrected chi connectivity index (χ0v) is 17.3. The number of H-pyrrole nitrogens is 1. The molecule has 7 heteroatoms. The molecular weight excluding hydrogens is 372 g/mol. The highest BCUT2D eigenvalue weighted by atomic mass is 32.2. The number of nitrogens with zero attached hydrogens (tertiary/aromatic N) is 2. The van der Waals surface area contributed by atoms with Crippen molar-refractivity contribution in [2.24, 2.45) is 0 Å². The van der Waals surface area contributed by atoms with Crippen LogP contribution in [-0.2, 0) is 21.5 Å². The number of thioether (sulfide) groups is 1. The van der Waals surface area contributed by atoms with Gasteiger partial charge < -0.3 is 15.0 Å². The standard InChI is InChI=1S/C21H28N4O2S/c1-27-20-19(24-18(26)13-28-2)16-5-3-4-6-17(16)21(20)7-9-25(10-8-21)12-15-11-22-14-23-15/h3-6,11,14,19-20H,7-10,12-13H2,1-2H3,(H,22,23)(H,24,26)/t19-,20+/m0/s1. The van der Waals surface area contributed by atoms with Crippen molar-refractivity contribution in [3.05, 3.63) is 53.6 Å². The van der Waals surface area contributed by atoms with Gasteiger partial charge in [-0.1, -0.05) is 24.3 Å². The van der Waals surface area contributed by atoms with Gasteiger partial charge in [0.25, 0.3) is 0 Å². The Morgan fingerprint density at radius 2 is 2.18 bits per heavy atom. The molecular formula is C21H28N4O2S. The van der Waals surface area contributed by atoms with Crippen LogP contribution in [0.15, 0.2) is 36.8 Å². The largest absolute Gasteiger partial charge is 0.378 e. The number of ether oxygens (including phenoxy) is 1. The lowest BCUT2D eigenvalue weighted by Gasteiger charge is -2.44. The van der Waals surface area contributed by atoms with Crippen LogP contribution in [0.3, 0.4) is 0 Å². The van der Waals surface area contributed by atoms with Crippen molar-refractivity contribution in [1.29, 1.82) is 0 Å². The molecule has 2 aromatic rings. The third-order valence-electron chi connectivity index (χ3n) is 6.22. The average molecular weight is 401 g/mol. The molecule has 0 saturated carbocycles. The Morgan fingerprint density at radius 1 is 1.39 bits per heavy atom. The smallest absolute Gasteiger partial charge is 0.230 e. The number of aromatic nitrogens is 2. The molecule has 28 heavy (non-hydrogen) atoms. The molecule has 6 nitrogen and oxygen atoms in total. The molecule has 1 spiro atoms. The molecule has 0 radical (unpaired) electrons. The number of nitrogens with one attached hydrogen (secondary N) is 2. The van der Waals surface area contributed by atoms with Gasteiger partial charge in [0, 0.05) is 31.0 Å². The van der Waals surface area contributed by atoms with Gasteiger partial charge in [-0.15, -0.1) is 0 Å². The first-order chi connectivity index (χ1) is 13.7. The average Bonchev–Trinajstić information content (AvgIpc) is 3.30. The summed E-state index contributed by atoms with van der Waals surface area (Å²) in [4.78, 5) is 22.1. The highest BCUT2D eigenvalue weighted by Gasteiger charge is 2.53. The van der Waals surface area contributed by atoms with Crippen molar-refractivity contribution < 1.29 is 9.53 Å². The number of likely N-dealkylation sites (tertiary alicyclic amines) is 1. The van der Waals surface area contributed by atoms with Crippen LogP contribution in [0.25, 0.3) is 0 Å². The number of carbonyl (C=O) groups is 1. The number of hydrogen-bond acceptors (Lipinski definition) is 5. The van der Waals surface area contributed by atoms with Gasteiger partial charge in [0.05, 0.1) is 24.2 Å². The van der Waals surface area contributed by atoms with Gasteiger partial charge in [-0.25, -0.2) is 4.98 Å². The zero-order chi connectivity index (χ0) is 19.6. The fourth-order valence-electron chi connectivity index (χ4n) is 4.99. The maximum Gasteiger partial charge on any atom is 0.230 e. The quantitative estimate of drug-likeness (QED) is 0.780. The minimum atomic E-state index is -0.0833. The number of aromatic amines is 1. The maximum absolute atomic E-state index is 12.4. The molecule has 1 aliphatic heterocycles. The monoisotopic (exact) mass is 400 g/mol. The van der Waals surface area contributed by atoms with Crippen LogP contribution in [0, 0.1) is 0 Å². The first-order valence-electron chi connectivity index (χ1n) is 9.78. The Hall–Kier alpha value is -1.83. The van der Waals surface area contributed by atoms with Crippen LogP contribution in [0.4, 0.5) is 0 Å². The van der Waals surface area contributed by atoms with Crippen molar-refractivity contribution in [2.45, 2.75) is 36.9 Å². The van der Waals surface area contributed by atoms with Crippen LogP contribution in [0.2, 0.25) is 0 Å². The SMILES string of the molecule is CO[C@@H]1[C@@H](NC(=O)CSC)c2ccccc2C12CCN(Cc1cnc[nH]1)CC2. The molecule has 1 saturated heterocycles. The van der Waals surface area contributed by atoms with Crippen LogP contribution in [0.5, 0.6) is 0 Å². The van der Waals surface area contributed by atoms with E-state index in [1.165, 1.54) is 11.1 Å². The second-order valence-electron chi connectivity index (χ2n) is 7.73. The van der Waals surface area contributed by atoms with Crippen LogP contribution >= 0.6 is 11.8 Å². The molecule has 150 valence electrons. The molecule has 1 aromatic carbocycles. The topological polar surface area (TPSA) is 70.2 Å². The van der Waals surface area contributed by atoms with E-state index < -0.39 is 0 Å². The molecule has 1 amide bonds. The number of hydrogen-bond donors (Lipinski definition) is 2. The number of imidazole rings is 1. The summed E-state index contributed by atoms with van der Waals surface area (Å²) in [6, 6.07) is 8.46. The lowest BCUT2D eigenvalue weighted by Crippen LogP contribution is -2.50. The third-order valence-corrected chi connectivity index (χ3v) is 6.77. The van der Waals surface area contributed by atoms with Crippen molar-refractivity contribution in [2.75, 3.05) is 32.2 Å². The van der Waals surface area contributed by atoms with Gasteiger partial charge in [-0.2, -0.15) is 11.8 Å². The Bertz CT molecular complexity index is 802. The number of amides is 1. The number of fused-ring (bicyclic) bond motifs is 2. The van der Waals surface area contributed by atoms with E-state index in [0.29, 0.717) is 5.75 Å². The predicted octanol–water partition coefficient (Wildman–Crippen LogP) is 2.49. The summed E-state index contributed by atoms with van der Waals surface area (Å²) in [7, 11) is 1.78. The van der Waals surface area contributed by atoms with Crippen molar-refractivity contribution in [3.8, 4) is 0 Å². The van der Waals surface area contributed by atoms with E-state index in [4.69, 9.17) is 4.74 Å². The van der Waals surface area contributed by atoms with Gasteiger partial charge >= 0.3 is 0 Å². The number of piperidine rings is 1. The van der Waals surface area contributed by atoms with E-state index in [2.05, 4.69) is 44.5 Å².